The summed E-state index contributed by atoms with van der Waals surface area (Å²) >= 11 is 1.89. The van der Waals surface area contributed by atoms with Crippen molar-refractivity contribution in [1.82, 2.24) is 5.32 Å². The van der Waals surface area contributed by atoms with Crippen molar-refractivity contribution in [2.45, 2.75) is 53.5 Å². The van der Waals surface area contributed by atoms with Crippen LogP contribution in [-0.4, -0.2) is 12.6 Å². The molecule has 0 spiro atoms. The highest BCUT2D eigenvalue weighted by Crippen LogP contribution is 2.70. The first kappa shape index (κ1) is 14.1. The molecular formula is C16H27NS. The van der Waals surface area contributed by atoms with Gasteiger partial charge in [-0.3, -0.25) is 0 Å². The monoisotopic (exact) mass is 265 g/mol. The lowest BCUT2D eigenvalue weighted by Crippen LogP contribution is -2.33. The van der Waals surface area contributed by atoms with Gasteiger partial charge in [-0.15, -0.1) is 11.3 Å². The number of hydrogen-bond acceptors (Lipinski definition) is 2. The van der Waals surface area contributed by atoms with E-state index in [0.717, 1.165) is 12.5 Å². The molecule has 102 valence electrons. The highest BCUT2D eigenvalue weighted by Gasteiger charge is 2.66. The third-order valence-corrected chi connectivity index (χ3v) is 6.22. The Balaban J connectivity index is 1.97. The molecule has 0 saturated heterocycles. The van der Waals surface area contributed by atoms with E-state index >= 15 is 0 Å². The summed E-state index contributed by atoms with van der Waals surface area (Å²) in [6.45, 7) is 13.0. The molecule has 1 saturated carbocycles. The molecule has 1 fully saturated rings. The van der Waals surface area contributed by atoms with Crippen LogP contribution in [0.25, 0.3) is 0 Å². The SMILES string of the molecule is CCNC(CCc1cccs1)C1C(C)(C)C1(C)C. The molecule has 0 aliphatic heterocycles. The fourth-order valence-electron chi connectivity index (χ4n) is 3.65. The third kappa shape index (κ3) is 2.37. The Morgan fingerprint density at radius 1 is 1.28 bits per heavy atom. The van der Waals surface area contributed by atoms with Crippen molar-refractivity contribution in [2.75, 3.05) is 6.54 Å². The Kier molecular flexibility index (Phi) is 3.89. The van der Waals surface area contributed by atoms with E-state index < -0.39 is 0 Å². The predicted molar refractivity (Wildman–Crippen MR) is 81.2 cm³/mol. The first-order valence-electron chi connectivity index (χ1n) is 7.17. The lowest BCUT2D eigenvalue weighted by Gasteiger charge is -2.20. The quantitative estimate of drug-likeness (QED) is 0.806. The molecule has 1 aromatic rings. The Morgan fingerprint density at radius 3 is 2.39 bits per heavy atom. The van der Waals surface area contributed by atoms with Gasteiger partial charge in [-0.05, 0) is 47.6 Å². The van der Waals surface area contributed by atoms with Crippen LogP contribution in [0.15, 0.2) is 17.5 Å². The number of thiophene rings is 1. The molecule has 0 radical (unpaired) electrons. The van der Waals surface area contributed by atoms with Crippen LogP contribution < -0.4 is 5.32 Å². The third-order valence-electron chi connectivity index (χ3n) is 5.28. The zero-order valence-electron chi connectivity index (χ0n) is 12.4. The van der Waals surface area contributed by atoms with Gasteiger partial charge in [0.1, 0.15) is 0 Å². The molecule has 2 heteroatoms. The van der Waals surface area contributed by atoms with E-state index in [9.17, 15) is 0 Å². The van der Waals surface area contributed by atoms with Gasteiger partial charge in [-0.1, -0.05) is 40.7 Å². The van der Waals surface area contributed by atoms with Crippen LogP contribution in [-0.2, 0) is 6.42 Å². The molecule has 0 bridgehead atoms. The molecule has 18 heavy (non-hydrogen) atoms. The highest BCUT2D eigenvalue weighted by atomic mass is 32.1. The van der Waals surface area contributed by atoms with Crippen molar-refractivity contribution in [3.05, 3.63) is 22.4 Å². The summed E-state index contributed by atoms with van der Waals surface area (Å²) in [5.74, 6) is 0.810. The topological polar surface area (TPSA) is 12.0 Å². The van der Waals surface area contributed by atoms with Crippen molar-refractivity contribution in [2.24, 2.45) is 16.7 Å². The molecule has 1 N–H and O–H groups in total. The minimum Gasteiger partial charge on any atom is -0.314 e. The molecule has 1 atom stereocenters. The maximum Gasteiger partial charge on any atom is 0.0109 e. The summed E-state index contributed by atoms with van der Waals surface area (Å²) in [6.07, 6.45) is 2.49. The summed E-state index contributed by atoms with van der Waals surface area (Å²) in [5, 5.41) is 5.91. The van der Waals surface area contributed by atoms with Gasteiger partial charge in [-0.25, -0.2) is 0 Å². The van der Waals surface area contributed by atoms with Crippen molar-refractivity contribution in [1.29, 1.82) is 0 Å². The van der Waals surface area contributed by atoms with Crippen LogP contribution in [0.1, 0.15) is 45.9 Å². The van der Waals surface area contributed by atoms with E-state index in [-0.39, 0.29) is 0 Å². The molecular weight excluding hydrogens is 238 g/mol. The lowest BCUT2D eigenvalue weighted by atomic mass is 9.99. The lowest BCUT2D eigenvalue weighted by molar-refractivity contribution is 0.385. The van der Waals surface area contributed by atoms with Gasteiger partial charge in [0.15, 0.2) is 0 Å². The van der Waals surface area contributed by atoms with E-state index in [1.54, 1.807) is 0 Å². The van der Waals surface area contributed by atoms with Gasteiger partial charge in [0.2, 0.25) is 0 Å². The van der Waals surface area contributed by atoms with Gasteiger partial charge < -0.3 is 5.32 Å². The van der Waals surface area contributed by atoms with Crippen molar-refractivity contribution >= 4 is 11.3 Å². The number of hydrogen-bond donors (Lipinski definition) is 1. The number of nitrogens with one attached hydrogen (secondary N) is 1. The maximum absolute atomic E-state index is 3.72. The second-order valence-electron chi connectivity index (χ2n) is 6.70. The Bertz CT molecular complexity index is 364. The molecule has 1 heterocycles. The molecule has 1 nitrogen and oxygen atoms in total. The van der Waals surface area contributed by atoms with E-state index in [1.165, 1.54) is 17.7 Å². The first-order valence-corrected chi connectivity index (χ1v) is 8.05. The maximum atomic E-state index is 3.72. The van der Waals surface area contributed by atoms with Crippen molar-refractivity contribution in [3.8, 4) is 0 Å². The Morgan fingerprint density at radius 2 is 1.94 bits per heavy atom. The zero-order chi connectivity index (χ0) is 13.4. The fourth-order valence-corrected chi connectivity index (χ4v) is 4.38. The average Bonchev–Trinajstić information content (AvgIpc) is 2.71. The van der Waals surface area contributed by atoms with Crippen molar-refractivity contribution < 1.29 is 0 Å². The molecule has 1 unspecified atom stereocenters. The fraction of sp³-hybridized carbons (Fsp3) is 0.750. The number of rotatable bonds is 6. The summed E-state index contributed by atoms with van der Waals surface area (Å²) in [5.41, 5.74) is 0.963. The minimum atomic E-state index is 0.481. The molecule has 2 rings (SSSR count). The molecule has 1 aliphatic carbocycles. The predicted octanol–water partition coefficient (Wildman–Crippen LogP) is 4.34. The van der Waals surface area contributed by atoms with Gasteiger partial charge in [0.25, 0.3) is 0 Å². The van der Waals surface area contributed by atoms with Gasteiger partial charge in [0, 0.05) is 10.9 Å². The Hall–Kier alpha value is -0.340. The van der Waals surface area contributed by atoms with Gasteiger partial charge in [-0.2, -0.15) is 0 Å². The van der Waals surface area contributed by atoms with Crippen LogP contribution >= 0.6 is 11.3 Å². The smallest absolute Gasteiger partial charge is 0.0109 e. The summed E-state index contributed by atoms with van der Waals surface area (Å²) in [6, 6.07) is 5.09. The summed E-state index contributed by atoms with van der Waals surface area (Å²) < 4.78 is 0. The second kappa shape index (κ2) is 4.97. The standard InChI is InChI=1S/C16H27NS/c1-6-17-13(10-9-12-8-7-11-18-12)14-15(2,3)16(14,4)5/h7-8,11,13-14,17H,6,9-10H2,1-5H3. The molecule has 1 aliphatic rings. The molecule has 0 amide bonds. The van der Waals surface area contributed by atoms with E-state index in [0.29, 0.717) is 16.9 Å². The molecule has 1 aromatic heterocycles. The summed E-state index contributed by atoms with van der Waals surface area (Å²) in [7, 11) is 0. The summed E-state index contributed by atoms with van der Waals surface area (Å²) in [4.78, 5) is 1.52. The largest absolute Gasteiger partial charge is 0.314 e. The van der Waals surface area contributed by atoms with E-state index in [4.69, 9.17) is 0 Å². The normalized spacial score (nSPS) is 22.9. The average molecular weight is 265 g/mol. The second-order valence-corrected chi connectivity index (χ2v) is 7.74. The van der Waals surface area contributed by atoms with Crippen LogP contribution in [0.4, 0.5) is 0 Å². The van der Waals surface area contributed by atoms with E-state index in [2.05, 4.69) is 57.4 Å². The van der Waals surface area contributed by atoms with Crippen LogP contribution in [0, 0.1) is 16.7 Å². The zero-order valence-corrected chi connectivity index (χ0v) is 13.2. The molecule has 0 aromatic carbocycles. The van der Waals surface area contributed by atoms with Crippen LogP contribution in [0.5, 0.6) is 0 Å². The van der Waals surface area contributed by atoms with Gasteiger partial charge >= 0.3 is 0 Å². The van der Waals surface area contributed by atoms with Crippen molar-refractivity contribution in [3.63, 3.8) is 0 Å². The van der Waals surface area contributed by atoms with Crippen LogP contribution in [0.3, 0.4) is 0 Å². The minimum absolute atomic E-state index is 0.481. The van der Waals surface area contributed by atoms with E-state index in [1.807, 2.05) is 11.3 Å². The van der Waals surface area contributed by atoms with Gasteiger partial charge in [0.05, 0.1) is 0 Å². The van der Waals surface area contributed by atoms with Crippen LogP contribution in [0.2, 0.25) is 0 Å². The first-order chi connectivity index (χ1) is 8.41. The highest BCUT2D eigenvalue weighted by molar-refractivity contribution is 7.09. The Labute approximate surface area is 116 Å². The number of aryl methyl sites for hydroxylation is 1.